The number of piperidine rings is 1. The molecular weight excluding hydrogens is 424 g/mol. The number of pyridine rings is 1. The molecule has 6 nitrogen and oxygen atoms in total. The highest BCUT2D eigenvalue weighted by atomic mass is 16.2. The number of nitrogens with zero attached hydrogens (tertiary/aromatic N) is 2. The van der Waals surface area contributed by atoms with Crippen LogP contribution in [0, 0.1) is 13.8 Å². The van der Waals surface area contributed by atoms with Crippen molar-refractivity contribution in [3.05, 3.63) is 89.2 Å². The second-order valence-corrected chi connectivity index (χ2v) is 9.01. The second kappa shape index (κ2) is 9.14. The first-order valence-electron chi connectivity index (χ1n) is 11.7. The molecule has 1 aliphatic rings. The van der Waals surface area contributed by atoms with Crippen molar-refractivity contribution in [2.24, 2.45) is 0 Å². The van der Waals surface area contributed by atoms with E-state index < -0.39 is 0 Å². The molecule has 1 fully saturated rings. The summed E-state index contributed by atoms with van der Waals surface area (Å²) in [4.78, 5) is 35.8. The Morgan fingerprint density at radius 2 is 1.88 bits per heavy atom. The molecule has 0 bridgehead atoms. The molecule has 2 aromatic carbocycles. The van der Waals surface area contributed by atoms with Crippen molar-refractivity contribution in [1.82, 2.24) is 20.2 Å². The molecule has 6 heteroatoms. The summed E-state index contributed by atoms with van der Waals surface area (Å²) < 4.78 is 0. The SMILES string of the molecule is Cc1ccc(-c2ccccc2C(=O)N2CCC[C@@H](NC(=O)c3ccnc4[nH]ccc34)C2)cc1C. The number of H-pyrrole nitrogens is 1. The second-order valence-electron chi connectivity index (χ2n) is 9.01. The molecule has 0 unspecified atom stereocenters. The number of aryl methyl sites for hydroxylation is 2. The third-order valence-corrected chi connectivity index (χ3v) is 6.72. The Hall–Kier alpha value is -3.93. The van der Waals surface area contributed by atoms with Gasteiger partial charge in [-0.05, 0) is 67.1 Å². The van der Waals surface area contributed by atoms with Crippen molar-refractivity contribution in [3.63, 3.8) is 0 Å². The first-order valence-corrected chi connectivity index (χ1v) is 11.7. The van der Waals surface area contributed by atoms with Crippen LogP contribution in [0.15, 0.2) is 67.0 Å². The first kappa shape index (κ1) is 21.9. The molecular formula is C28H28N4O2. The fourth-order valence-corrected chi connectivity index (χ4v) is 4.70. The van der Waals surface area contributed by atoms with E-state index in [1.807, 2.05) is 35.2 Å². The molecule has 0 saturated carbocycles. The van der Waals surface area contributed by atoms with Crippen LogP contribution in [0.3, 0.4) is 0 Å². The molecule has 0 radical (unpaired) electrons. The van der Waals surface area contributed by atoms with E-state index in [1.54, 1.807) is 18.5 Å². The van der Waals surface area contributed by atoms with Gasteiger partial charge in [0.1, 0.15) is 5.65 Å². The molecule has 1 atom stereocenters. The van der Waals surface area contributed by atoms with Gasteiger partial charge in [-0.1, -0.05) is 36.4 Å². The van der Waals surface area contributed by atoms with Crippen molar-refractivity contribution in [2.45, 2.75) is 32.7 Å². The van der Waals surface area contributed by atoms with Crippen LogP contribution in [0.2, 0.25) is 0 Å². The van der Waals surface area contributed by atoms with Gasteiger partial charge in [-0.3, -0.25) is 9.59 Å². The molecule has 0 spiro atoms. The zero-order chi connectivity index (χ0) is 23.7. The number of nitrogens with one attached hydrogen (secondary N) is 2. The van der Waals surface area contributed by atoms with Crippen LogP contribution >= 0.6 is 0 Å². The third-order valence-electron chi connectivity index (χ3n) is 6.72. The van der Waals surface area contributed by atoms with Gasteiger partial charge in [0.15, 0.2) is 0 Å². The Labute approximate surface area is 199 Å². The van der Waals surface area contributed by atoms with Gasteiger partial charge < -0.3 is 15.2 Å². The summed E-state index contributed by atoms with van der Waals surface area (Å²) in [5, 5.41) is 3.94. The molecule has 3 heterocycles. The van der Waals surface area contributed by atoms with E-state index in [9.17, 15) is 9.59 Å². The number of aromatic amines is 1. The Morgan fingerprint density at radius 3 is 2.74 bits per heavy atom. The average molecular weight is 453 g/mol. The smallest absolute Gasteiger partial charge is 0.254 e. The highest BCUT2D eigenvalue weighted by Gasteiger charge is 2.27. The lowest BCUT2D eigenvalue weighted by molar-refractivity contribution is 0.0677. The van der Waals surface area contributed by atoms with Crippen LogP contribution in [0.4, 0.5) is 0 Å². The van der Waals surface area contributed by atoms with Gasteiger partial charge in [0.05, 0.1) is 5.56 Å². The van der Waals surface area contributed by atoms with Gasteiger partial charge in [-0.2, -0.15) is 0 Å². The minimum atomic E-state index is -0.137. The summed E-state index contributed by atoms with van der Waals surface area (Å²) in [7, 11) is 0. The highest BCUT2D eigenvalue weighted by molar-refractivity contribution is 6.05. The number of fused-ring (bicyclic) bond motifs is 1. The molecule has 2 aromatic heterocycles. The Balaban J connectivity index is 1.34. The number of hydrogen-bond acceptors (Lipinski definition) is 3. The molecule has 2 N–H and O–H groups in total. The number of amides is 2. The monoisotopic (exact) mass is 452 g/mol. The predicted octanol–water partition coefficient (Wildman–Crippen LogP) is 4.88. The molecule has 5 rings (SSSR count). The maximum absolute atomic E-state index is 13.6. The molecule has 4 aromatic rings. The lowest BCUT2D eigenvalue weighted by Gasteiger charge is -2.33. The van der Waals surface area contributed by atoms with Crippen LogP contribution in [-0.2, 0) is 0 Å². The molecule has 1 saturated heterocycles. The van der Waals surface area contributed by atoms with Crippen molar-refractivity contribution in [1.29, 1.82) is 0 Å². The van der Waals surface area contributed by atoms with E-state index in [0.29, 0.717) is 29.9 Å². The van der Waals surface area contributed by atoms with Gasteiger partial charge in [0, 0.05) is 42.5 Å². The van der Waals surface area contributed by atoms with Crippen molar-refractivity contribution in [3.8, 4) is 11.1 Å². The quantitative estimate of drug-likeness (QED) is 0.463. The topological polar surface area (TPSA) is 78.1 Å². The maximum Gasteiger partial charge on any atom is 0.254 e. The Kier molecular flexibility index (Phi) is 5.88. The zero-order valence-corrected chi connectivity index (χ0v) is 19.5. The normalized spacial score (nSPS) is 15.9. The molecule has 2 amide bonds. The molecule has 34 heavy (non-hydrogen) atoms. The lowest BCUT2D eigenvalue weighted by Crippen LogP contribution is -2.49. The van der Waals surface area contributed by atoms with Crippen molar-refractivity contribution >= 4 is 22.8 Å². The maximum atomic E-state index is 13.6. The summed E-state index contributed by atoms with van der Waals surface area (Å²) in [6.45, 7) is 5.35. The number of benzene rings is 2. The van der Waals surface area contributed by atoms with Crippen LogP contribution < -0.4 is 5.32 Å². The van der Waals surface area contributed by atoms with Crippen LogP contribution in [-0.4, -0.2) is 45.8 Å². The van der Waals surface area contributed by atoms with E-state index in [-0.39, 0.29) is 17.9 Å². The number of likely N-dealkylation sites (tertiary alicyclic amines) is 1. The number of rotatable bonds is 4. The Morgan fingerprint density at radius 1 is 1.03 bits per heavy atom. The number of aromatic nitrogens is 2. The molecule has 172 valence electrons. The predicted molar refractivity (Wildman–Crippen MR) is 134 cm³/mol. The fraction of sp³-hybridized carbons (Fsp3) is 0.250. The van der Waals surface area contributed by atoms with E-state index in [4.69, 9.17) is 0 Å². The minimum Gasteiger partial charge on any atom is -0.348 e. The summed E-state index contributed by atoms with van der Waals surface area (Å²) in [6.07, 6.45) is 5.10. The fourth-order valence-electron chi connectivity index (χ4n) is 4.70. The third kappa shape index (κ3) is 4.19. The molecule has 1 aliphatic heterocycles. The van der Waals surface area contributed by atoms with Gasteiger partial charge >= 0.3 is 0 Å². The van der Waals surface area contributed by atoms with E-state index in [0.717, 1.165) is 29.4 Å². The van der Waals surface area contributed by atoms with Crippen LogP contribution in [0.25, 0.3) is 22.2 Å². The highest BCUT2D eigenvalue weighted by Crippen LogP contribution is 2.27. The summed E-state index contributed by atoms with van der Waals surface area (Å²) in [5.74, 6) is -0.133. The summed E-state index contributed by atoms with van der Waals surface area (Å²) in [5.41, 5.74) is 6.39. The van der Waals surface area contributed by atoms with E-state index in [1.165, 1.54) is 11.1 Å². The minimum absolute atomic E-state index is 0.00436. The zero-order valence-electron chi connectivity index (χ0n) is 19.5. The van der Waals surface area contributed by atoms with Gasteiger partial charge in [-0.15, -0.1) is 0 Å². The van der Waals surface area contributed by atoms with Crippen molar-refractivity contribution in [2.75, 3.05) is 13.1 Å². The number of carbonyl (C=O) groups is 2. The van der Waals surface area contributed by atoms with Gasteiger partial charge in [-0.25, -0.2) is 4.98 Å². The van der Waals surface area contributed by atoms with E-state index in [2.05, 4.69) is 47.3 Å². The van der Waals surface area contributed by atoms with E-state index >= 15 is 0 Å². The summed E-state index contributed by atoms with van der Waals surface area (Å²) in [6, 6.07) is 17.6. The van der Waals surface area contributed by atoms with Crippen LogP contribution in [0.1, 0.15) is 44.7 Å². The number of carbonyl (C=O) groups excluding carboxylic acids is 2. The Bertz CT molecular complexity index is 1370. The van der Waals surface area contributed by atoms with Gasteiger partial charge in [0.25, 0.3) is 11.8 Å². The summed E-state index contributed by atoms with van der Waals surface area (Å²) >= 11 is 0. The average Bonchev–Trinajstić information content (AvgIpc) is 3.34. The largest absolute Gasteiger partial charge is 0.348 e. The number of hydrogen-bond donors (Lipinski definition) is 2. The lowest BCUT2D eigenvalue weighted by atomic mass is 9.95. The first-order chi connectivity index (χ1) is 16.5. The standard InChI is InChI=1S/C28H28N4O2/c1-18-9-10-20(16-19(18)2)22-7-3-4-8-25(22)28(34)32-15-5-6-21(17-32)31-27(33)24-12-14-30-26-23(24)11-13-29-26/h3-4,7-14,16,21H,5-6,15,17H2,1-2H3,(H,29,30)(H,31,33)/t21-/m1/s1. The van der Waals surface area contributed by atoms with Crippen LogP contribution in [0.5, 0.6) is 0 Å². The van der Waals surface area contributed by atoms with Gasteiger partial charge in [0.2, 0.25) is 0 Å². The molecule has 0 aliphatic carbocycles. The van der Waals surface area contributed by atoms with Crippen molar-refractivity contribution < 1.29 is 9.59 Å².